The van der Waals surface area contributed by atoms with E-state index in [4.69, 9.17) is 5.11 Å². The fourth-order valence-corrected chi connectivity index (χ4v) is 0.658. The van der Waals surface area contributed by atoms with Gasteiger partial charge in [0, 0.05) is 13.0 Å². The summed E-state index contributed by atoms with van der Waals surface area (Å²) in [6.07, 6.45) is -0.403. The number of esters is 1. The normalized spacial score (nSPS) is 9.20. The smallest absolute Gasteiger partial charge is 0.411 e. The van der Waals surface area contributed by atoms with Crippen molar-refractivity contribution in [3.05, 3.63) is 12.3 Å². The van der Waals surface area contributed by atoms with E-state index in [0.29, 0.717) is 6.42 Å². The summed E-state index contributed by atoms with van der Waals surface area (Å²) in [4.78, 5) is 21.9. The number of amides is 1. The van der Waals surface area contributed by atoms with Crippen LogP contribution in [0.2, 0.25) is 0 Å². The van der Waals surface area contributed by atoms with Gasteiger partial charge in [0.2, 0.25) is 0 Å². The molecule has 0 bridgehead atoms. The van der Waals surface area contributed by atoms with Gasteiger partial charge in [-0.1, -0.05) is 6.58 Å². The molecule has 0 heterocycles. The van der Waals surface area contributed by atoms with Crippen molar-refractivity contribution in [2.45, 2.75) is 13.3 Å². The number of rotatable bonds is 6. The first kappa shape index (κ1) is 13.4. The van der Waals surface area contributed by atoms with E-state index in [9.17, 15) is 9.59 Å². The molecule has 0 aromatic carbocycles. The highest BCUT2D eigenvalue weighted by molar-refractivity contribution is 5.91. The minimum absolute atomic E-state index is 0.0644. The molecule has 0 spiro atoms. The van der Waals surface area contributed by atoms with E-state index < -0.39 is 12.1 Å². The molecule has 0 fully saturated rings. The summed E-state index contributed by atoms with van der Waals surface area (Å²) >= 11 is 0. The van der Waals surface area contributed by atoms with E-state index in [2.05, 4.69) is 21.4 Å². The highest BCUT2D eigenvalue weighted by Gasteiger charge is 2.11. The number of nitrogens with one attached hydrogen (secondary N) is 1. The van der Waals surface area contributed by atoms with Gasteiger partial charge in [0.05, 0.1) is 13.2 Å². The molecule has 0 saturated heterocycles. The predicted molar refractivity (Wildman–Crippen MR) is 52.0 cm³/mol. The number of ether oxygens (including phenoxy) is 2. The Kier molecular flexibility index (Phi) is 7.00. The van der Waals surface area contributed by atoms with Gasteiger partial charge in [0.25, 0.3) is 0 Å². The topological polar surface area (TPSA) is 84.9 Å². The number of hydrogen-bond donors (Lipinski definition) is 2. The van der Waals surface area contributed by atoms with Crippen molar-refractivity contribution in [1.82, 2.24) is 5.32 Å². The average Bonchev–Trinajstić information content (AvgIpc) is 2.18. The summed E-state index contributed by atoms with van der Waals surface area (Å²) in [7, 11) is 0. The molecule has 6 heteroatoms. The van der Waals surface area contributed by atoms with E-state index >= 15 is 0 Å². The van der Waals surface area contributed by atoms with E-state index in [0.717, 1.165) is 0 Å². The number of carbonyl (C=O) groups is 2. The molecule has 0 aromatic heterocycles. The molecule has 86 valence electrons. The third-order valence-corrected chi connectivity index (χ3v) is 1.31. The molecule has 1 amide bonds. The molecule has 0 aromatic rings. The highest BCUT2D eigenvalue weighted by atomic mass is 16.6. The first-order chi connectivity index (χ1) is 7.11. The highest BCUT2D eigenvalue weighted by Crippen LogP contribution is 1.93. The predicted octanol–water partition coefficient (Wildman–Crippen LogP) is 0.172. The van der Waals surface area contributed by atoms with Gasteiger partial charge >= 0.3 is 12.1 Å². The zero-order valence-electron chi connectivity index (χ0n) is 8.62. The fraction of sp³-hybridized carbons (Fsp3) is 0.556. The molecule has 0 aliphatic rings. The van der Waals surface area contributed by atoms with Crippen molar-refractivity contribution in [2.75, 3.05) is 19.8 Å². The molecule has 0 unspecified atom stereocenters. The van der Waals surface area contributed by atoms with Crippen LogP contribution in [-0.4, -0.2) is 37.0 Å². The maximum atomic E-state index is 11.1. The van der Waals surface area contributed by atoms with Gasteiger partial charge in [-0.05, 0) is 6.92 Å². The number of aliphatic hydroxyl groups is 1. The van der Waals surface area contributed by atoms with Crippen molar-refractivity contribution in [3.63, 3.8) is 0 Å². The Morgan fingerprint density at radius 1 is 1.40 bits per heavy atom. The molecule has 0 aliphatic heterocycles. The molecule has 2 N–H and O–H groups in total. The summed E-state index contributed by atoms with van der Waals surface area (Å²) in [5.74, 6) is -0.739. The van der Waals surface area contributed by atoms with Gasteiger partial charge in [0.1, 0.15) is 5.70 Å². The van der Waals surface area contributed by atoms with E-state index in [-0.39, 0.29) is 25.5 Å². The Bertz CT molecular complexity index is 239. The van der Waals surface area contributed by atoms with Crippen LogP contribution in [0.4, 0.5) is 4.79 Å². The second kappa shape index (κ2) is 7.81. The van der Waals surface area contributed by atoms with Crippen LogP contribution in [0.3, 0.4) is 0 Å². The Labute approximate surface area is 87.9 Å². The van der Waals surface area contributed by atoms with Crippen molar-refractivity contribution >= 4 is 12.1 Å². The lowest BCUT2D eigenvalue weighted by molar-refractivity contribution is -0.139. The summed E-state index contributed by atoms with van der Waals surface area (Å²) in [6, 6.07) is 0. The van der Waals surface area contributed by atoms with Gasteiger partial charge < -0.3 is 14.6 Å². The second-order valence-corrected chi connectivity index (χ2v) is 2.54. The van der Waals surface area contributed by atoms with Crippen LogP contribution in [0.15, 0.2) is 12.3 Å². The number of aliphatic hydroxyl groups excluding tert-OH is 1. The van der Waals surface area contributed by atoms with Gasteiger partial charge in [-0.3, -0.25) is 5.32 Å². The van der Waals surface area contributed by atoms with Crippen LogP contribution in [0.25, 0.3) is 0 Å². The van der Waals surface area contributed by atoms with Crippen molar-refractivity contribution in [1.29, 1.82) is 0 Å². The zero-order chi connectivity index (χ0) is 11.7. The minimum atomic E-state index is -0.749. The van der Waals surface area contributed by atoms with Crippen molar-refractivity contribution < 1.29 is 24.2 Å². The molecule has 0 rings (SSSR count). The van der Waals surface area contributed by atoms with E-state index in [1.165, 1.54) is 0 Å². The second-order valence-electron chi connectivity index (χ2n) is 2.54. The molecular weight excluding hydrogens is 202 g/mol. The molecule has 0 aliphatic carbocycles. The maximum absolute atomic E-state index is 11.1. The van der Waals surface area contributed by atoms with E-state index in [1.54, 1.807) is 6.92 Å². The Morgan fingerprint density at radius 3 is 2.60 bits per heavy atom. The number of carbonyl (C=O) groups excluding carboxylic acids is 2. The molecule has 0 radical (unpaired) electrons. The third kappa shape index (κ3) is 6.50. The summed E-state index contributed by atoms with van der Waals surface area (Å²) in [6.45, 7) is 5.17. The first-order valence-electron chi connectivity index (χ1n) is 4.52. The van der Waals surface area contributed by atoms with Crippen molar-refractivity contribution in [3.8, 4) is 0 Å². The number of hydrogen-bond acceptors (Lipinski definition) is 5. The number of alkyl carbamates (subject to hydrolysis) is 1. The molecule has 15 heavy (non-hydrogen) atoms. The van der Waals surface area contributed by atoms with Crippen LogP contribution in [0.1, 0.15) is 13.3 Å². The minimum Gasteiger partial charge on any atom is -0.461 e. The van der Waals surface area contributed by atoms with E-state index in [1.807, 2.05) is 0 Å². The van der Waals surface area contributed by atoms with Crippen molar-refractivity contribution in [2.24, 2.45) is 0 Å². The average molecular weight is 217 g/mol. The van der Waals surface area contributed by atoms with Gasteiger partial charge in [-0.15, -0.1) is 0 Å². The molecule has 0 saturated carbocycles. The molecular formula is C9H15NO5. The standard InChI is InChI=1S/C9H15NO5/c1-3-14-9(13)10-7(2)8(12)15-6-4-5-11/h11H,2-6H2,1H3,(H,10,13). The van der Waals surface area contributed by atoms with Crippen LogP contribution in [-0.2, 0) is 14.3 Å². The Morgan fingerprint density at radius 2 is 2.07 bits per heavy atom. The van der Waals surface area contributed by atoms with Crippen LogP contribution >= 0.6 is 0 Å². The van der Waals surface area contributed by atoms with Gasteiger partial charge in [-0.2, -0.15) is 0 Å². The fourth-order valence-electron chi connectivity index (χ4n) is 0.658. The van der Waals surface area contributed by atoms with Crippen LogP contribution in [0, 0.1) is 0 Å². The monoisotopic (exact) mass is 217 g/mol. The third-order valence-electron chi connectivity index (χ3n) is 1.31. The molecule has 0 atom stereocenters. The summed E-state index contributed by atoms with van der Waals surface area (Å²) in [5, 5.41) is 10.5. The Balaban J connectivity index is 3.78. The lowest BCUT2D eigenvalue weighted by Crippen LogP contribution is -2.28. The zero-order valence-corrected chi connectivity index (χ0v) is 8.62. The summed E-state index contributed by atoms with van der Waals surface area (Å²) < 4.78 is 9.18. The quantitative estimate of drug-likeness (QED) is 0.376. The lowest BCUT2D eigenvalue weighted by atomic mass is 10.4. The largest absolute Gasteiger partial charge is 0.461 e. The lowest BCUT2D eigenvalue weighted by Gasteiger charge is -2.07. The maximum Gasteiger partial charge on any atom is 0.411 e. The van der Waals surface area contributed by atoms with Gasteiger partial charge in [-0.25, -0.2) is 9.59 Å². The van der Waals surface area contributed by atoms with Gasteiger partial charge in [0.15, 0.2) is 0 Å². The molecule has 6 nitrogen and oxygen atoms in total. The first-order valence-corrected chi connectivity index (χ1v) is 4.52. The van der Waals surface area contributed by atoms with Crippen LogP contribution < -0.4 is 5.32 Å². The summed E-state index contributed by atoms with van der Waals surface area (Å²) in [5.41, 5.74) is -0.189. The Hall–Kier alpha value is -1.56. The SMILES string of the molecule is C=C(NC(=O)OCC)C(=O)OCCCO. The van der Waals surface area contributed by atoms with Crippen LogP contribution in [0.5, 0.6) is 0 Å².